The van der Waals surface area contributed by atoms with Crippen molar-refractivity contribution < 1.29 is 9.90 Å². The fourth-order valence-electron chi connectivity index (χ4n) is 2.00. The first-order chi connectivity index (χ1) is 9.99. The molecule has 0 aliphatic rings. The third kappa shape index (κ3) is 3.69. The summed E-state index contributed by atoms with van der Waals surface area (Å²) in [5.74, 6) is 0.683. The van der Waals surface area contributed by atoms with Gasteiger partial charge < -0.3 is 15.3 Å². The number of hydrogen-bond donors (Lipinski definition) is 2. The van der Waals surface area contributed by atoms with E-state index in [-0.39, 0.29) is 12.1 Å². The Balaban J connectivity index is 2.00. The Kier molecular flexibility index (Phi) is 4.74. The maximum absolute atomic E-state index is 12.1. The molecule has 2 atom stereocenters. The first-order valence-electron chi connectivity index (χ1n) is 6.98. The monoisotopic (exact) mass is 291 g/mol. The zero-order valence-corrected chi connectivity index (χ0v) is 12.5. The molecular weight excluding hydrogens is 270 g/mol. The second-order valence-electron chi connectivity index (χ2n) is 5.22. The van der Waals surface area contributed by atoms with E-state index in [0.29, 0.717) is 18.8 Å². The lowest BCUT2D eigenvalue weighted by Crippen LogP contribution is -2.40. The van der Waals surface area contributed by atoms with Crippen molar-refractivity contribution in [3.63, 3.8) is 0 Å². The number of aromatic nitrogens is 3. The van der Waals surface area contributed by atoms with Crippen molar-refractivity contribution in [2.45, 2.75) is 32.4 Å². The normalized spacial score (nSPS) is 13.9. The van der Waals surface area contributed by atoms with Gasteiger partial charge in [0.15, 0.2) is 11.5 Å². The molecule has 7 nitrogen and oxygen atoms in total. The number of pyridine rings is 1. The van der Waals surface area contributed by atoms with E-state index in [1.165, 1.54) is 0 Å². The van der Waals surface area contributed by atoms with E-state index in [2.05, 4.69) is 15.5 Å². The van der Waals surface area contributed by atoms with Gasteiger partial charge in [0.2, 0.25) is 0 Å². The van der Waals surface area contributed by atoms with Crippen LogP contribution in [0, 0.1) is 0 Å². The number of aliphatic hydroxyl groups is 1. The highest BCUT2D eigenvalue weighted by molar-refractivity contribution is 5.74. The average Bonchev–Trinajstić information content (AvgIpc) is 2.88. The summed E-state index contributed by atoms with van der Waals surface area (Å²) in [7, 11) is 1.70. The molecule has 2 amide bonds. The third-order valence-electron chi connectivity index (χ3n) is 3.30. The number of carbonyl (C=O) groups is 1. The predicted molar refractivity (Wildman–Crippen MR) is 78.9 cm³/mol. The van der Waals surface area contributed by atoms with Gasteiger partial charge in [-0.1, -0.05) is 6.07 Å². The van der Waals surface area contributed by atoms with Crippen LogP contribution in [-0.4, -0.2) is 50.3 Å². The lowest BCUT2D eigenvalue weighted by Gasteiger charge is -2.21. The minimum absolute atomic E-state index is 0.198. The highest BCUT2D eigenvalue weighted by Crippen LogP contribution is 2.12. The van der Waals surface area contributed by atoms with Gasteiger partial charge in [-0.15, -0.1) is 10.2 Å². The molecule has 0 spiro atoms. The van der Waals surface area contributed by atoms with E-state index < -0.39 is 6.10 Å². The summed E-state index contributed by atoms with van der Waals surface area (Å²) in [5, 5.41) is 20.3. The van der Waals surface area contributed by atoms with Crippen LogP contribution in [0.3, 0.4) is 0 Å². The Morgan fingerprint density at radius 3 is 2.90 bits per heavy atom. The molecule has 2 unspecified atom stereocenters. The number of amides is 2. The Morgan fingerprint density at radius 2 is 2.19 bits per heavy atom. The van der Waals surface area contributed by atoms with Gasteiger partial charge >= 0.3 is 6.03 Å². The van der Waals surface area contributed by atoms with Gasteiger partial charge in [-0.05, 0) is 32.4 Å². The molecule has 0 radical (unpaired) electrons. The highest BCUT2D eigenvalue weighted by Gasteiger charge is 2.17. The summed E-state index contributed by atoms with van der Waals surface area (Å²) < 4.78 is 1.85. The quantitative estimate of drug-likeness (QED) is 0.867. The van der Waals surface area contributed by atoms with E-state index in [1.54, 1.807) is 18.9 Å². The predicted octanol–water partition coefficient (Wildman–Crippen LogP) is 1.20. The number of nitrogens with one attached hydrogen (secondary N) is 1. The molecule has 0 fully saturated rings. The minimum Gasteiger partial charge on any atom is -0.393 e. The van der Waals surface area contributed by atoms with Crippen molar-refractivity contribution in [1.29, 1.82) is 0 Å². The van der Waals surface area contributed by atoms with E-state index in [4.69, 9.17) is 0 Å². The van der Waals surface area contributed by atoms with E-state index in [1.807, 2.05) is 35.7 Å². The summed E-state index contributed by atoms with van der Waals surface area (Å²) in [6, 6.07) is 5.18. The second kappa shape index (κ2) is 6.53. The summed E-state index contributed by atoms with van der Waals surface area (Å²) in [5.41, 5.74) is 0.746. The number of nitrogens with zero attached hydrogens (tertiary/aromatic N) is 4. The van der Waals surface area contributed by atoms with Crippen molar-refractivity contribution in [3.8, 4) is 0 Å². The highest BCUT2D eigenvalue weighted by atomic mass is 16.3. The molecule has 2 aromatic rings. The summed E-state index contributed by atoms with van der Waals surface area (Å²) in [6.07, 6.45) is 1.99. The van der Waals surface area contributed by atoms with Gasteiger partial charge in [0, 0.05) is 19.8 Å². The molecule has 2 aromatic heterocycles. The number of fused-ring (bicyclic) bond motifs is 1. The number of aliphatic hydroxyl groups excluding tert-OH is 1. The van der Waals surface area contributed by atoms with Gasteiger partial charge in [0.05, 0.1) is 12.1 Å². The number of urea groups is 1. The van der Waals surface area contributed by atoms with Gasteiger partial charge in [-0.25, -0.2) is 4.79 Å². The molecular formula is C14H21N5O2. The molecule has 114 valence electrons. The van der Waals surface area contributed by atoms with Crippen molar-refractivity contribution in [3.05, 3.63) is 30.2 Å². The lowest BCUT2D eigenvalue weighted by molar-refractivity contribution is 0.162. The van der Waals surface area contributed by atoms with Crippen molar-refractivity contribution in [1.82, 2.24) is 24.8 Å². The van der Waals surface area contributed by atoms with E-state index >= 15 is 0 Å². The molecule has 0 saturated carbocycles. The van der Waals surface area contributed by atoms with Crippen molar-refractivity contribution in [2.75, 3.05) is 13.6 Å². The maximum atomic E-state index is 12.1. The fourth-order valence-corrected chi connectivity index (χ4v) is 2.00. The zero-order chi connectivity index (χ0) is 15.4. The van der Waals surface area contributed by atoms with Crippen LogP contribution < -0.4 is 5.32 Å². The van der Waals surface area contributed by atoms with Crippen LogP contribution in [0.2, 0.25) is 0 Å². The number of carbonyl (C=O) groups excluding carboxylic acids is 1. The van der Waals surface area contributed by atoms with Crippen LogP contribution in [0.4, 0.5) is 4.79 Å². The second-order valence-corrected chi connectivity index (χ2v) is 5.22. The van der Waals surface area contributed by atoms with Gasteiger partial charge in [0.25, 0.3) is 0 Å². The standard InChI is InChI=1S/C14H21N5O2/c1-10(20)7-9-18(3)14(21)15-11(2)13-17-16-12-6-4-5-8-19(12)13/h4-6,8,10-11,20H,7,9H2,1-3H3,(H,15,21). The third-order valence-corrected chi connectivity index (χ3v) is 3.30. The largest absolute Gasteiger partial charge is 0.393 e. The van der Waals surface area contributed by atoms with Crippen LogP contribution in [0.1, 0.15) is 32.1 Å². The number of hydrogen-bond acceptors (Lipinski definition) is 4. The Bertz CT molecular complexity index is 610. The van der Waals surface area contributed by atoms with Crippen LogP contribution >= 0.6 is 0 Å². The smallest absolute Gasteiger partial charge is 0.317 e. The molecule has 0 aromatic carbocycles. The fraction of sp³-hybridized carbons (Fsp3) is 0.500. The molecule has 2 heterocycles. The number of rotatable bonds is 5. The molecule has 21 heavy (non-hydrogen) atoms. The first kappa shape index (κ1) is 15.2. The molecule has 2 N–H and O–H groups in total. The Labute approximate surface area is 123 Å². The molecule has 2 rings (SSSR count). The van der Waals surface area contributed by atoms with Crippen LogP contribution in [-0.2, 0) is 0 Å². The average molecular weight is 291 g/mol. The van der Waals surface area contributed by atoms with Gasteiger partial charge in [-0.2, -0.15) is 0 Å². The SMILES string of the molecule is CC(O)CCN(C)C(=O)NC(C)c1nnc2ccccn12. The van der Waals surface area contributed by atoms with Crippen molar-refractivity contribution in [2.24, 2.45) is 0 Å². The van der Waals surface area contributed by atoms with Crippen molar-refractivity contribution >= 4 is 11.7 Å². The summed E-state index contributed by atoms with van der Waals surface area (Å²) in [4.78, 5) is 13.6. The maximum Gasteiger partial charge on any atom is 0.317 e. The van der Waals surface area contributed by atoms with Crippen LogP contribution in [0.15, 0.2) is 24.4 Å². The summed E-state index contributed by atoms with van der Waals surface area (Å²) >= 11 is 0. The lowest BCUT2D eigenvalue weighted by atomic mass is 10.3. The summed E-state index contributed by atoms with van der Waals surface area (Å²) in [6.45, 7) is 4.07. The first-order valence-corrected chi connectivity index (χ1v) is 6.98. The Hall–Kier alpha value is -2.15. The van der Waals surface area contributed by atoms with Gasteiger partial charge in [0.1, 0.15) is 0 Å². The van der Waals surface area contributed by atoms with E-state index in [9.17, 15) is 9.90 Å². The molecule has 0 aliphatic carbocycles. The van der Waals surface area contributed by atoms with Crippen LogP contribution in [0.5, 0.6) is 0 Å². The zero-order valence-electron chi connectivity index (χ0n) is 12.5. The topological polar surface area (TPSA) is 82.8 Å². The Morgan fingerprint density at radius 1 is 1.43 bits per heavy atom. The molecule has 0 aliphatic heterocycles. The van der Waals surface area contributed by atoms with Crippen LogP contribution in [0.25, 0.3) is 5.65 Å². The minimum atomic E-state index is -0.418. The molecule has 0 bridgehead atoms. The molecule has 0 saturated heterocycles. The molecule has 7 heteroatoms. The van der Waals surface area contributed by atoms with E-state index in [0.717, 1.165) is 5.65 Å². The van der Waals surface area contributed by atoms with Gasteiger partial charge in [-0.3, -0.25) is 4.40 Å².